The molecule has 0 radical (unpaired) electrons. The zero-order chi connectivity index (χ0) is 16.2. The van der Waals surface area contributed by atoms with E-state index in [1.54, 1.807) is 0 Å². The van der Waals surface area contributed by atoms with Gasteiger partial charge in [0.05, 0.1) is 6.61 Å². The van der Waals surface area contributed by atoms with Crippen molar-refractivity contribution in [1.82, 2.24) is 5.32 Å². The van der Waals surface area contributed by atoms with Crippen LogP contribution >= 0.6 is 0 Å². The smallest absolute Gasteiger partial charge is 0.232 e. The van der Waals surface area contributed by atoms with Gasteiger partial charge < -0.3 is 10.4 Å². The van der Waals surface area contributed by atoms with Crippen LogP contribution in [-0.4, -0.2) is 34.1 Å². The van der Waals surface area contributed by atoms with E-state index in [0.29, 0.717) is 5.75 Å². The molecule has 1 unspecified atom stereocenters. The highest BCUT2D eigenvalue weighted by Gasteiger charge is 2.21. The predicted octanol–water partition coefficient (Wildman–Crippen LogP) is 1.61. The average molecular weight is 329 g/mol. The SMILES string of the molecule is O=C(CS(=O)Cc1cccc2c1-c1ccccc1C2)NCCO. The van der Waals surface area contributed by atoms with Crippen LogP contribution in [-0.2, 0) is 27.8 Å². The van der Waals surface area contributed by atoms with Crippen LogP contribution in [0.4, 0.5) is 0 Å². The topological polar surface area (TPSA) is 66.4 Å². The number of nitrogens with one attached hydrogen (secondary N) is 1. The third-order valence-electron chi connectivity index (χ3n) is 3.95. The third-order valence-corrected chi connectivity index (χ3v) is 5.16. The van der Waals surface area contributed by atoms with Gasteiger partial charge in [0.1, 0.15) is 5.75 Å². The number of aliphatic hydroxyl groups excluding tert-OH is 1. The molecule has 0 saturated carbocycles. The second-order valence-electron chi connectivity index (χ2n) is 5.59. The molecular weight excluding hydrogens is 310 g/mol. The molecule has 0 spiro atoms. The summed E-state index contributed by atoms with van der Waals surface area (Å²) in [6.45, 7) is 0.0888. The number of hydrogen-bond donors (Lipinski definition) is 2. The quantitative estimate of drug-likeness (QED) is 0.722. The monoisotopic (exact) mass is 329 g/mol. The summed E-state index contributed by atoms with van der Waals surface area (Å²) in [5.41, 5.74) is 5.96. The maximum absolute atomic E-state index is 12.3. The van der Waals surface area contributed by atoms with E-state index in [2.05, 4.69) is 23.5 Å². The molecule has 0 saturated heterocycles. The highest BCUT2D eigenvalue weighted by Crippen LogP contribution is 2.39. The lowest BCUT2D eigenvalue weighted by molar-refractivity contribution is -0.118. The summed E-state index contributed by atoms with van der Waals surface area (Å²) >= 11 is 0. The minimum absolute atomic E-state index is 0.0364. The normalized spacial score (nSPS) is 13.3. The molecule has 3 rings (SSSR count). The van der Waals surface area contributed by atoms with Gasteiger partial charge in [-0.1, -0.05) is 42.5 Å². The molecule has 120 valence electrons. The predicted molar refractivity (Wildman–Crippen MR) is 91.5 cm³/mol. The van der Waals surface area contributed by atoms with Crippen LogP contribution in [0.5, 0.6) is 0 Å². The first-order valence-corrected chi connectivity index (χ1v) is 9.09. The molecule has 23 heavy (non-hydrogen) atoms. The summed E-state index contributed by atoms with van der Waals surface area (Å²) in [5, 5.41) is 11.2. The summed E-state index contributed by atoms with van der Waals surface area (Å²) in [6.07, 6.45) is 0.906. The average Bonchev–Trinajstić information content (AvgIpc) is 2.92. The number of hydrogen-bond acceptors (Lipinski definition) is 3. The zero-order valence-corrected chi connectivity index (χ0v) is 13.6. The summed E-state index contributed by atoms with van der Waals surface area (Å²) in [5.74, 6) is 0.0420. The van der Waals surface area contributed by atoms with Crippen LogP contribution in [0, 0.1) is 0 Å². The molecule has 0 heterocycles. The van der Waals surface area contributed by atoms with Gasteiger partial charge in [-0.25, -0.2) is 0 Å². The van der Waals surface area contributed by atoms with Crippen molar-refractivity contribution >= 4 is 16.7 Å². The van der Waals surface area contributed by atoms with E-state index in [-0.39, 0.29) is 24.8 Å². The molecule has 2 N–H and O–H groups in total. The molecule has 1 amide bonds. The lowest BCUT2D eigenvalue weighted by Crippen LogP contribution is -2.30. The Labute approximate surface area is 138 Å². The van der Waals surface area contributed by atoms with Crippen molar-refractivity contribution in [3.63, 3.8) is 0 Å². The van der Waals surface area contributed by atoms with Gasteiger partial charge in [-0.2, -0.15) is 0 Å². The fourth-order valence-electron chi connectivity index (χ4n) is 3.01. The largest absolute Gasteiger partial charge is 0.395 e. The summed E-state index contributed by atoms with van der Waals surface area (Å²) in [4.78, 5) is 11.6. The Kier molecular flexibility index (Phi) is 4.88. The van der Waals surface area contributed by atoms with E-state index in [0.717, 1.165) is 12.0 Å². The molecule has 2 aromatic rings. The van der Waals surface area contributed by atoms with Gasteiger partial charge >= 0.3 is 0 Å². The van der Waals surface area contributed by atoms with Crippen molar-refractivity contribution in [2.75, 3.05) is 18.9 Å². The number of benzene rings is 2. The van der Waals surface area contributed by atoms with Crippen molar-refractivity contribution in [3.8, 4) is 11.1 Å². The van der Waals surface area contributed by atoms with E-state index in [4.69, 9.17) is 5.11 Å². The Morgan fingerprint density at radius 1 is 1.13 bits per heavy atom. The van der Waals surface area contributed by atoms with Gasteiger partial charge in [-0.05, 0) is 34.2 Å². The number of amides is 1. The third kappa shape index (κ3) is 3.51. The van der Waals surface area contributed by atoms with Crippen molar-refractivity contribution < 1.29 is 14.1 Å². The molecule has 1 atom stereocenters. The van der Waals surface area contributed by atoms with Crippen molar-refractivity contribution in [2.45, 2.75) is 12.2 Å². The zero-order valence-electron chi connectivity index (χ0n) is 12.7. The molecule has 0 aliphatic heterocycles. The summed E-state index contributed by atoms with van der Waals surface area (Å²) < 4.78 is 12.3. The van der Waals surface area contributed by atoms with Gasteiger partial charge in [0.2, 0.25) is 5.91 Å². The fraction of sp³-hybridized carbons (Fsp3) is 0.278. The maximum atomic E-state index is 12.3. The number of carbonyl (C=O) groups is 1. The second-order valence-corrected chi connectivity index (χ2v) is 7.04. The molecule has 0 bridgehead atoms. The van der Waals surface area contributed by atoms with E-state index >= 15 is 0 Å². The lowest BCUT2D eigenvalue weighted by Gasteiger charge is -2.10. The summed E-state index contributed by atoms with van der Waals surface area (Å²) in [6, 6.07) is 14.4. The molecule has 5 heteroatoms. The Morgan fingerprint density at radius 3 is 2.74 bits per heavy atom. The van der Waals surface area contributed by atoms with Gasteiger partial charge in [-0.3, -0.25) is 9.00 Å². The first kappa shape index (κ1) is 15.9. The van der Waals surface area contributed by atoms with Crippen LogP contribution in [0.25, 0.3) is 11.1 Å². The molecule has 0 fully saturated rings. The number of fused-ring (bicyclic) bond motifs is 3. The van der Waals surface area contributed by atoms with Crippen LogP contribution in [0.2, 0.25) is 0 Å². The van der Waals surface area contributed by atoms with Crippen LogP contribution in [0.3, 0.4) is 0 Å². The minimum Gasteiger partial charge on any atom is -0.395 e. The van der Waals surface area contributed by atoms with E-state index in [1.807, 2.05) is 24.3 Å². The Bertz CT molecular complexity index is 758. The van der Waals surface area contributed by atoms with Crippen molar-refractivity contribution in [1.29, 1.82) is 0 Å². The fourth-order valence-corrected chi connectivity index (χ4v) is 4.09. The van der Waals surface area contributed by atoms with Crippen LogP contribution < -0.4 is 5.32 Å². The highest BCUT2D eigenvalue weighted by atomic mass is 32.2. The van der Waals surface area contributed by atoms with E-state index in [1.165, 1.54) is 22.3 Å². The Balaban J connectivity index is 1.77. The van der Waals surface area contributed by atoms with E-state index < -0.39 is 10.8 Å². The number of aliphatic hydroxyl groups is 1. The minimum atomic E-state index is -1.27. The van der Waals surface area contributed by atoms with Crippen LogP contribution in [0.1, 0.15) is 16.7 Å². The van der Waals surface area contributed by atoms with Crippen molar-refractivity contribution in [3.05, 3.63) is 59.2 Å². The van der Waals surface area contributed by atoms with Crippen LogP contribution in [0.15, 0.2) is 42.5 Å². The first-order chi connectivity index (χ1) is 11.2. The molecule has 1 aliphatic carbocycles. The first-order valence-electron chi connectivity index (χ1n) is 7.60. The number of carbonyl (C=O) groups excluding carboxylic acids is 1. The maximum Gasteiger partial charge on any atom is 0.232 e. The van der Waals surface area contributed by atoms with Gasteiger partial charge in [0.25, 0.3) is 0 Å². The molecular formula is C18H19NO3S. The van der Waals surface area contributed by atoms with E-state index in [9.17, 15) is 9.00 Å². The Hall–Kier alpha value is -1.98. The standard InChI is InChI=1S/C18H19NO3S/c20-9-8-19-17(21)12-23(22)11-15-6-3-5-14-10-13-4-1-2-7-16(13)18(14)15/h1-7,20H,8-12H2,(H,19,21). The lowest BCUT2D eigenvalue weighted by atomic mass is 10.0. The highest BCUT2D eigenvalue weighted by molar-refractivity contribution is 7.84. The summed E-state index contributed by atoms with van der Waals surface area (Å²) in [7, 11) is -1.27. The van der Waals surface area contributed by atoms with Gasteiger partial charge in [0, 0.05) is 23.1 Å². The Morgan fingerprint density at radius 2 is 1.91 bits per heavy atom. The molecule has 0 aromatic heterocycles. The molecule has 2 aromatic carbocycles. The van der Waals surface area contributed by atoms with Crippen molar-refractivity contribution in [2.24, 2.45) is 0 Å². The molecule has 4 nitrogen and oxygen atoms in total. The van der Waals surface area contributed by atoms with Gasteiger partial charge in [0.15, 0.2) is 0 Å². The number of rotatable bonds is 6. The molecule has 1 aliphatic rings. The van der Waals surface area contributed by atoms with Gasteiger partial charge in [-0.15, -0.1) is 0 Å². The second kappa shape index (κ2) is 7.06.